The van der Waals surface area contributed by atoms with Gasteiger partial charge in [0.15, 0.2) is 0 Å². The van der Waals surface area contributed by atoms with Gasteiger partial charge in [0.1, 0.15) is 12.0 Å². The zero-order valence-electron chi connectivity index (χ0n) is 12.9. The maximum absolute atomic E-state index is 5.57. The van der Waals surface area contributed by atoms with E-state index in [1.807, 2.05) is 31.2 Å². The monoisotopic (exact) mass is 286 g/mol. The van der Waals surface area contributed by atoms with Crippen LogP contribution in [-0.4, -0.2) is 30.1 Å². The largest absolute Gasteiger partial charge is 0.497 e. The van der Waals surface area contributed by atoms with E-state index >= 15 is 0 Å². The van der Waals surface area contributed by atoms with Crippen LogP contribution >= 0.6 is 0 Å². The van der Waals surface area contributed by atoms with E-state index in [0.717, 1.165) is 42.2 Å². The summed E-state index contributed by atoms with van der Waals surface area (Å²) in [4.78, 5) is 6.83. The molecule has 2 aromatic rings. The van der Waals surface area contributed by atoms with Crippen LogP contribution in [0.3, 0.4) is 0 Å². The van der Waals surface area contributed by atoms with Gasteiger partial charge in [0, 0.05) is 18.7 Å². The highest BCUT2D eigenvalue weighted by Gasteiger charge is 2.10. The van der Waals surface area contributed by atoms with Crippen molar-refractivity contribution in [1.82, 2.24) is 9.88 Å². The second kappa shape index (κ2) is 7.09. The van der Waals surface area contributed by atoms with Gasteiger partial charge in [-0.15, -0.1) is 0 Å². The van der Waals surface area contributed by atoms with E-state index in [4.69, 9.17) is 9.15 Å². The van der Waals surface area contributed by atoms with Crippen molar-refractivity contribution in [3.63, 3.8) is 0 Å². The quantitative estimate of drug-likeness (QED) is 0.727. The van der Waals surface area contributed by atoms with Crippen LogP contribution in [0.5, 0.6) is 5.75 Å². The molecule has 0 bridgehead atoms. The minimum atomic E-state index is 0.638. The summed E-state index contributed by atoms with van der Waals surface area (Å²) in [6, 6.07) is 7.69. The number of benzene rings is 1. The van der Waals surface area contributed by atoms with Gasteiger partial charge < -0.3 is 9.15 Å². The Labute approximate surface area is 126 Å². The summed E-state index contributed by atoms with van der Waals surface area (Å²) in [6.07, 6.45) is 1.72. The zero-order chi connectivity index (χ0) is 15.2. The van der Waals surface area contributed by atoms with Crippen LogP contribution in [0.2, 0.25) is 0 Å². The molecule has 0 amide bonds. The number of methoxy groups -OCH3 is 1. The first kappa shape index (κ1) is 15.3. The Morgan fingerprint density at radius 2 is 2.05 bits per heavy atom. The van der Waals surface area contributed by atoms with Gasteiger partial charge in [-0.05, 0) is 37.7 Å². The molecule has 21 heavy (non-hydrogen) atoms. The van der Waals surface area contributed by atoms with Gasteiger partial charge in [-0.1, -0.05) is 19.1 Å². The predicted octanol–water partition coefficient (Wildman–Crippen LogP) is 3.75. The lowest BCUT2D eigenvalue weighted by molar-refractivity contribution is 0.300. The summed E-state index contributed by atoms with van der Waals surface area (Å²) in [6.45, 7) is 10.7. The summed E-state index contributed by atoms with van der Waals surface area (Å²) < 4.78 is 10.7. The molecule has 0 saturated carbocycles. The number of aromatic nitrogens is 1. The van der Waals surface area contributed by atoms with E-state index in [2.05, 4.69) is 23.4 Å². The number of hydrogen-bond acceptors (Lipinski definition) is 4. The van der Waals surface area contributed by atoms with Crippen LogP contribution in [0.1, 0.15) is 19.5 Å². The summed E-state index contributed by atoms with van der Waals surface area (Å²) in [5.74, 6) is 1.46. The average Bonchev–Trinajstić information content (AvgIpc) is 2.94. The lowest BCUT2D eigenvalue weighted by Crippen LogP contribution is -2.24. The maximum Gasteiger partial charge on any atom is 0.226 e. The average molecular weight is 286 g/mol. The van der Waals surface area contributed by atoms with Gasteiger partial charge in [-0.3, -0.25) is 4.90 Å². The van der Waals surface area contributed by atoms with Crippen molar-refractivity contribution in [1.29, 1.82) is 0 Å². The van der Waals surface area contributed by atoms with Crippen LogP contribution in [-0.2, 0) is 6.54 Å². The van der Waals surface area contributed by atoms with Gasteiger partial charge in [-0.25, -0.2) is 4.98 Å². The minimum Gasteiger partial charge on any atom is -0.497 e. The Bertz CT molecular complexity index is 587. The third-order valence-electron chi connectivity index (χ3n) is 3.22. The Balaban J connectivity index is 2.07. The third-order valence-corrected chi connectivity index (χ3v) is 3.22. The minimum absolute atomic E-state index is 0.638. The second-order valence-electron chi connectivity index (χ2n) is 5.13. The summed E-state index contributed by atoms with van der Waals surface area (Å²) in [7, 11) is 1.65. The molecule has 0 atom stereocenters. The molecule has 1 heterocycles. The summed E-state index contributed by atoms with van der Waals surface area (Å²) in [5, 5.41) is 0. The first-order valence-electron chi connectivity index (χ1n) is 7.08. The fourth-order valence-corrected chi connectivity index (χ4v) is 2.14. The number of ether oxygens (including phenoxy) is 1. The third kappa shape index (κ3) is 4.20. The van der Waals surface area contributed by atoms with Gasteiger partial charge in [0.25, 0.3) is 0 Å². The molecule has 112 valence electrons. The van der Waals surface area contributed by atoms with Crippen molar-refractivity contribution in [3.8, 4) is 17.2 Å². The van der Waals surface area contributed by atoms with Crippen molar-refractivity contribution in [2.24, 2.45) is 0 Å². The van der Waals surface area contributed by atoms with Gasteiger partial charge in [-0.2, -0.15) is 0 Å². The highest BCUT2D eigenvalue weighted by molar-refractivity contribution is 5.54. The van der Waals surface area contributed by atoms with Gasteiger partial charge in [0.2, 0.25) is 5.89 Å². The van der Waals surface area contributed by atoms with Crippen molar-refractivity contribution >= 4 is 0 Å². The molecule has 0 radical (unpaired) electrons. The van der Waals surface area contributed by atoms with Crippen LogP contribution in [0.25, 0.3) is 11.5 Å². The molecule has 0 fully saturated rings. The normalized spacial score (nSPS) is 10.9. The first-order valence-corrected chi connectivity index (χ1v) is 7.08. The highest BCUT2D eigenvalue weighted by atomic mass is 16.5. The number of rotatable bonds is 7. The van der Waals surface area contributed by atoms with Crippen molar-refractivity contribution in [2.45, 2.75) is 20.4 Å². The van der Waals surface area contributed by atoms with Crippen molar-refractivity contribution in [2.75, 3.05) is 20.2 Å². The molecule has 2 rings (SSSR count). The summed E-state index contributed by atoms with van der Waals surface area (Å²) >= 11 is 0. The van der Waals surface area contributed by atoms with E-state index in [9.17, 15) is 0 Å². The number of nitrogens with zero attached hydrogens (tertiary/aromatic N) is 2. The Morgan fingerprint density at radius 3 is 2.62 bits per heavy atom. The topological polar surface area (TPSA) is 38.5 Å². The lowest BCUT2D eigenvalue weighted by atomic mass is 10.2. The molecule has 0 aliphatic rings. The van der Waals surface area contributed by atoms with E-state index in [1.165, 1.54) is 0 Å². The van der Waals surface area contributed by atoms with Crippen LogP contribution in [0.4, 0.5) is 0 Å². The molecule has 4 nitrogen and oxygen atoms in total. The van der Waals surface area contributed by atoms with E-state index in [0.29, 0.717) is 5.89 Å². The Hall–Kier alpha value is -2.07. The fraction of sp³-hybridized carbons (Fsp3) is 0.353. The van der Waals surface area contributed by atoms with Crippen LogP contribution in [0.15, 0.2) is 47.1 Å². The van der Waals surface area contributed by atoms with Crippen molar-refractivity contribution in [3.05, 3.63) is 48.4 Å². The summed E-state index contributed by atoms with van der Waals surface area (Å²) in [5.41, 5.74) is 3.03. The smallest absolute Gasteiger partial charge is 0.226 e. The Morgan fingerprint density at radius 1 is 1.33 bits per heavy atom. The molecular formula is C17H22N2O2. The van der Waals surface area contributed by atoms with Gasteiger partial charge in [0.05, 0.1) is 12.8 Å². The molecule has 0 saturated heterocycles. The fourth-order valence-electron chi connectivity index (χ4n) is 2.14. The Kier molecular flexibility index (Phi) is 5.17. The number of hydrogen-bond donors (Lipinski definition) is 0. The van der Waals surface area contributed by atoms with Crippen LogP contribution < -0.4 is 4.74 Å². The maximum atomic E-state index is 5.57. The molecule has 0 unspecified atom stereocenters. The highest BCUT2D eigenvalue weighted by Crippen LogP contribution is 2.22. The molecule has 0 aliphatic heterocycles. The molecule has 4 heteroatoms. The lowest BCUT2D eigenvalue weighted by Gasteiger charge is -2.18. The number of likely N-dealkylation sites (N-methyl/N-ethyl adjacent to an activating group) is 1. The van der Waals surface area contributed by atoms with Gasteiger partial charge >= 0.3 is 0 Å². The molecular weight excluding hydrogens is 264 g/mol. The number of oxazole rings is 1. The van der Waals surface area contributed by atoms with E-state index < -0.39 is 0 Å². The zero-order valence-corrected chi connectivity index (χ0v) is 12.9. The van der Waals surface area contributed by atoms with Crippen molar-refractivity contribution < 1.29 is 9.15 Å². The molecule has 0 spiro atoms. The molecule has 1 aromatic carbocycles. The predicted molar refractivity (Wildman–Crippen MR) is 84.3 cm³/mol. The SMILES string of the molecule is C=C(C)CN(CC)Cc1coc(-c2ccc(OC)cc2)n1. The first-order chi connectivity index (χ1) is 10.1. The second-order valence-corrected chi connectivity index (χ2v) is 5.13. The molecule has 1 aromatic heterocycles. The molecule has 0 aliphatic carbocycles. The van der Waals surface area contributed by atoms with E-state index in [1.54, 1.807) is 13.4 Å². The molecule has 0 N–H and O–H groups in total. The standard InChI is InChI=1S/C17H22N2O2/c1-5-19(10-13(2)3)11-15-12-21-17(18-15)14-6-8-16(20-4)9-7-14/h6-9,12H,2,5,10-11H2,1,3-4H3. The van der Waals surface area contributed by atoms with E-state index in [-0.39, 0.29) is 0 Å². The van der Waals surface area contributed by atoms with Crippen LogP contribution in [0, 0.1) is 0 Å².